The topological polar surface area (TPSA) is 62.0 Å². The number of rotatable bonds is 3. The molecule has 0 saturated heterocycles. The summed E-state index contributed by atoms with van der Waals surface area (Å²) in [5.74, 6) is -2.11. The number of Topliss-reactive ketones (excluding diaryl/α,β-unsaturated/α-hetero) is 1. The van der Waals surface area contributed by atoms with E-state index in [9.17, 15) is 18.4 Å². The van der Waals surface area contributed by atoms with Gasteiger partial charge in [0.1, 0.15) is 23.0 Å². The summed E-state index contributed by atoms with van der Waals surface area (Å²) in [4.78, 5) is 27.5. The number of fused-ring (bicyclic) bond motifs is 1. The molecule has 0 spiro atoms. The Kier molecular flexibility index (Phi) is 4.49. The maximum absolute atomic E-state index is 13.9. The highest BCUT2D eigenvalue weighted by molar-refractivity contribution is 6.40. The van der Waals surface area contributed by atoms with Gasteiger partial charge in [-0.1, -0.05) is 23.2 Å². The first kappa shape index (κ1) is 17.4. The van der Waals surface area contributed by atoms with E-state index in [4.69, 9.17) is 23.2 Å². The Morgan fingerprint density at radius 1 is 1.12 bits per heavy atom. The van der Waals surface area contributed by atoms with Gasteiger partial charge in [-0.25, -0.2) is 8.78 Å². The van der Waals surface area contributed by atoms with E-state index in [0.29, 0.717) is 0 Å². The van der Waals surface area contributed by atoms with Crippen LogP contribution in [-0.4, -0.2) is 10.8 Å². The molecule has 0 unspecified atom stereocenters. The Morgan fingerprint density at radius 2 is 1.80 bits per heavy atom. The number of pyridine rings is 1. The van der Waals surface area contributed by atoms with Gasteiger partial charge in [0.25, 0.3) is 0 Å². The maximum Gasteiger partial charge on any atom is 0.203 e. The number of aromatic amines is 1. The summed E-state index contributed by atoms with van der Waals surface area (Å²) in [5, 5.41) is 2.90. The number of benzene rings is 2. The Labute approximate surface area is 150 Å². The number of hydrogen-bond acceptors (Lipinski definition) is 3. The zero-order chi connectivity index (χ0) is 18.3. The molecule has 0 aliphatic carbocycles. The van der Waals surface area contributed by atoms with Crippen molar-refractivity contribution in [2.45, 2.75) is 6.92 Å². The van der Waals surface area contributed by atoms with Gasteiger partial charge in [-0.15, -0.1) is 0 Å². The van der Waals surface area contributed by atoms with Gasteiger partial charge >= 0.3 is 0 Å². The quantitative estimate of drug-likeness (QED) is 0.622. The van der Waals surface area contributed by atoms with Crippen LogP contribution in [0.15, 0.2) is 35.1 Å². The van der Waals surface area contributed by atoms with Crippen LogP contribution in [0.3, 0.4) is 0 Å². The Bertz CT molecular complexity index is 1080. The van der Waals surface area contributed by atoms with Crippen LogP contribution in [0, 0.1) is 11.6 Å². The molecule has 8 heteroatoms. The van der Waals surface area contributed by atoms with Gasteiger partial charge in [0.2, 0.25) is 5.43 Å². The van der Waals surface area contributed by atoms with Crippen molar-refractivity contribution in [3.8, 4) is 0 Å². The number of anilines is 2. The van der Waals surface area contributed by atoms with E-state index < -0.39 is 22.8 Å². The molecule has 0 aliphatic heterocycles. The summed E-state index contributed by atoms with van der Waals surface area (Å²) in [5.41, 5.74) is -0.979. The minimum absolute atomic E-state index is 0.0460. The highest BCUT2D eigenvalue weighted by Gasteiger charge is 2.20. The third-order valence-electron chi connectivity index (χ3n) is 3.60. The van der Waals surface area contributed by atoms with Gasteiger partial charge in [-0.3, -0.25) is 9.59 Å². The van der Waals surface area contributed by atoms with Crippen molar-refractivity contribution in [3.05, 3.63) is 67.8 Å². The first-order valence-electron chi connectivity index (χ1n) is 7.06. The maximum atomic E-state index is 13.9. The van der Waals surface area contributed by atoms with Crippen LogP contribution >= 0.6 is 23.2 Å². The largest absolute Gasteiger partial charge is 0.339 e. The summed E-state index contributed by atoms with van der Waals surface area (Å²) < 4.78 is 27.3. The third kappa shape index (κ3) is 3.10. The molecule has 25 heavy (non-hydrogen) atoms. The highest BCUT2D eigenvalue weighted by Crippen LogP contribution is 2.30. The zero-order valence-electron chi connectivity index (χ0n) is 12.7. The molecule has 3 aromatic rings. The van der Waals surface area contributed by atoms with Gasteiger partial charge in [-0.05, 0) is 31.2 Å². The number of carbonyl (C=O) groups is 1. The fraction of sp³-hybridized carbons (Fsp3) is 0.0588. The van der Waals surface area contributed by atoms with Crippen LogP contribution < -0.4 is 10.7 Å². The second-order valence-electron chi connectivity index (χ2n) is 5.29. The molecule has 1 aromatic heterocycles. The lowest BCUT2D eigenvalue weighted by atomic mass is 10.1. The first-order chi connectivity index (χ1) is 11.8. The number of ketones is 1. The second kappa shape index (κ2) is 6.46. The van der Waals surface area contributed by atoms with Crippen molar-refractivity contribution in [1.82, 2.24) is 4.98 Å². The number of carbonyl (C=O) groups excluding carboxylic acids is 1. The fourth-order valence-corrected chi connectivity index (χ4v) is 2.93. The summed E-state index contributed by atoms with van der Waals surface area (Å²) >= 11 is 12.1. The molecule has 4 nitrogen and oxygen atoms in total. The lowest BCUT2D eigenvalue weighted by Crippen LogP contribution is -2.18. The van der Waals surface area contributed by atoms with Crippen LogP contribution in [0.4, 0.5) is 20.3 Å². The van der Waals surface area contributed by atoms with E-state index in [1.54, 1.807) is 0 Å². The van der Waals surface area contributed by atoms with Crippen molar-refractivity contribution in [2.24, 2.45) is 0 Å². The lowest BCUT2D eigenvalue weighted by Gasteiger charge is -2.13. The van der Waals surface area contributed by atoms with Crippen molar-refractivity contribution in [2.75, 3.05) is 5.32 Å². The smallest absolute Gasteiger partial charge is 0.203 e. The molecule has 0 amide bonds. The molecule has 0 atom stereocenters. The van der Waals surface area contributed by atoms with Crippen LogP contribution in [0.5, 0.6) is 0 Å². The predicted octanol–water partition coefficient (Wildman–Crippen LogP) is 5.06. The summed E-state index contributed by atoms with van der Waals surface area (Å²) in [7, 11) is 0. The minimum atomic E-state index is -0.756. The molecule has 1 heterocycles. The predicted molar refractivity (Wildman–Crippen MR) is 94.2 cm³/mol. The molecule has 0 bridgehead atoms. The number of aromatic nitrogens is 1. The number of halogens is 4. The molecule has 3 rings (SSSR count). The molecule has 0 saturated carbocycles. The molecule has 0 fully saturated rings. The SMILES string of the molecule is CC(=O)c1c(Nc2cc(F)ccc2F)[nH]c2c(Cl)ccc(Cl)c2c1=O. The molecular formula is C17H10Cl2F2N2O2. The van der Waals surface area contributed by atoms with Crippen LogP contribution in [0.25, 0.3) is 10.9 Å². The van der Waals surface area contributed by atoms with E-state index >= 15 is 0 Å². The lowest BCUT2D eigenvalue weighted by molar-refractivity contribution is 0.101. The van der Waals surface area contributed by atoms with Gasteiger partial charge in [0.15, 0.2) is 5.78 Å². The molecule has 2 N–H and O–H groups in total. The Morgan fingerprint density at radius 3 is 2.48 bits per heavy atom. The van der Waals surface area contributed by atoms with Crippen molar-refractivity contribution < 1.29 is 13.6 Å². The monoisotopic (exact) mass is 382 g/mol. The fourth-order valence-electron chi connectivity index (χ4n) is 2.48. The van der Waals surface area contributed by atoms with Crippen LogP contribution in [0.1, 0.15) is 17.3 Å². The Balaban J connectivity index is 2.32. The molecule has 0 radical (unpaired) electrons. The average molecular weight is 383 g/mol. The molecular weight excluding hydrogens is 373 g/mol. The zero-order valence-corrected chi connectivity index (χ0v) is 14.2. The first-order valence-corrected chi connectivity index (χ1v) is 7.82. The molecule has 2 aromatic carbocycles. The van der Waals surface area contributed by atoms with E-state index in [0.717, 1.165) is 18.2 Å². The van der Waals surface area contributed by atoms with Gasteiger partial charge < -0.3 is 10.3 Å². The second-order valence-corrected chi connectivity index (χ2v) is 6.10. The van der Waals surface area contributed by atoms with Gasteiger partial charge in [-0.2, -0.15) is 0 Å². The third-order valence-corrected chi connectivity index (χ3v) is 4.23. The van der Waals surface area contributed by atoms with E-state index in [-0.39, 0.29) is 38.0 Å². The van der Waals surface area contributed by atoms with Crippen LogP contribution in [0.2, 0.25) is 10.0 Å². The molecule has 0 aliphatic rings. The summed E-state index contributed by atoms with van der Waals surface area (Å²) in [6.07, 6.45) is 0. The van der Waals surface area contributed by atoms with E-state index in [1.807, 2.05) is 0 Å². The highest BCUT2D eigenvalue weighted by atomic mass is 35.5. The Hall–Kier alpha value is -2.44. The number of nitrogens with one attached hydrogen (secondary N) is 2. The van der Waals surface area contributed by atoms with E-state index in [1.165, 1.54) is 19.1 Å². The van der Waals surface area contributed by atoms with Crippen molar-refractivity contribution in [3.63, 3.8) is 0 Å². The number of H-pyrrole nitrogens is 1. The van der Waals surface area contributed by atoms with Gasteiger partial charge in [0, 0.05) is 6.07 Å². The number of hydrogen-bond donors (Lipinski definition) is 2. The minimum Gasteiger partial charge on any atom is -0.339 e. The van der Waals surface area contributed by atoms with Gasteiger partial charge in [0.05, 0.1) is 26.6 Å². The van der Waals surface area contributed by atoms with E-state index in [2.05, 4.69) is 10.3 Å². The van der Waals surface area contributed by atoms with Crippen LogP contribution in [-0.2, 0) is 0 Å². The van der Waals surface area contributed by atoms with Crippen molar-refractivity contribution >= 4 is 51.4 Å². The average Bonchev–Trinajstić information content (AvgIpc) is 2.54. The molecule has 128 valence electrons. The summed E-state index contributed by atoms with van der Waals surface area (Å²) in [6, 6.07) is 5.69. The summed E-state index contributed by atoms with van der Waals surface area (Å²) in [6.45, 7) is 1.18. The normalized spacial score (nSPS) is 10.9. The van der Waals surface area contributed by atoms with Crippen molar-refractivity contribution in [1.29, 1.82) is 0 Å². The standard InChI is InChI=1S/C17H10Cl2F2N2O2/c1-7(24)13-16(25)14-9(18)3-4-10(19)15(14)23-17(13)22-12-6-8(20)2-5-11(12)21/h2-6H,1H3,(H2,22,23,25).